The number of carbonyl (C=O) groups is 3. The second-order valence-corrected chi connectivity index (χ2v) is 23.4. The summed E-state index contributed by atoms with van der Waals surface area (Å²) in [6.07, 6.45) is 67.0. The zero-order valence-electron chi connectivity index (χ0n) is 50.4. The maximum atomic E-state index is 12.8. The number of likely N-dealkylation sites (N-methyl/N-ethyl adjacent to an activating group) is 1. The molecule has 0 saturated carbocycles. The van der Waals surface area contributed by atoms with Crippen LogP contribution >= 0.6 is 0 Å². The average Bonchev–Trinajstić information content (AvgIpc) is 3.38. The molecule has 2 atom stereocenters. The van der Waals surface area contributed by atoms with Gasteiger partial charge in [0.15, 0.2) is 12.4 Å². The van der Waals surface area contributed by atoms with Gasteiger partial charge in [-0.2, -0.15) is 0 Å². The van der Waals surface area contributed by atoms with E-state index in [9.17, 15) is 19.5 Å². The first-order valence-electron chi connectivity index (χ1n) is 32.5. The molecule has 0 heterocycles. The number of carboxylic acid groups (broad SMARTS) is 1. The van der Waals surface area contributed by atoms with Crippen LogP contribution in [0.2, 0.25) is 0 Å². The van der Waals surface area contributed by atoms with Crippen LogP contribution in [0.4, 0.5) is 0 Å². The van der Waals surface area contributed by atoms with Gasteiger partial charge in [-0.15, -0.1) is 0 Å². The number of unbranched alkanes of at least 4 members (excludes halogenated alkanes) is 42. The highest BCUT2D eigenvalue weighted by atomic mass is 16.7. The Morgan fingerprint density at radius 3 is 1.07 bits per heavy atom. The van der Waals surface area contributed by atoms with Crippen molar-refractivity contribution in [2.45, 2.75) is 334 Å². The van der Waals surface area contributed by atoms with Crippen molar-refractivity contribution < 1.29 is 42.9 Å². The van der Waals surface area contributed by atoms with Crippen molar-refractivity contribution >= 4 is 17.9 Å². The third-order valence-electron chi connectivity index (χ3n) is 14.7. The van der Waals surface area contributed by atoms with Crippen LogP contribution in [-0.4, -0.2) is 82.3 Å². The van der Waals surface area contributed by atoms with Gasteiger partial charge < -0.3 is 33.3 Å². The van der Waals surface area contributed by atoms with Gasteiger partial charge in [0.05, 0.1) is 40.3 Å². The second kappa shape index (κ2) is 57.9. The Balaban J connectivity index is 4.00. The van der Waals surface area contributed by atoms with Crippen molar-refractivity contribution in [2.24, 2.45) is 0 Å². The number of carboxylic acids is 1. The molecule has 9 nitrogen and oxygen atoms in total. The molecule has 2 unspecified atom stereocenters. The van der Waals surface area contributed by atoms with Crippen molar-refractivity contribution in [1.82, 2.24) is 0 Å². The summed E-state index contributed by atoms with van der Waals surface area (Å²) in [7, 11) is 5.93. The molecule has 442 valence electrons. The minimum Gasteiger partial charge on any atom is -0.545 e. The number of ether oxygens (including phenoxy) is 4. The summed E-state index contributed by atoms with van der Waals surface area (Å²) in [6, 6.07) is 0. The van der Waals surface area contributed by atoms with E-state index in [-0.39, 0.29) is 32.2 Å². The Bertz CT molecular complexity index is 1280. The quantitative estimate of drug-likeness (QED) is 0.0195. The molecule has 0 N–H and O–H groups in total. The third kappa shape index (κ3) is 59.3. The zero-order chi connectivity index (χ0) is 54.8. The van der Waals surface area contributed by atoms with Gasteiger partial charge in [-0.05, 0) is 44.9 Å². The fourth-order valence-corrected chi connectivity index (χ4v) is 9.69. The van der Waals surface area contributed by atoms with E-state index in [4.69, 9.17) is 18.9 Å². The van der Waals surface area contributed by atoms with Crippen LogP contribution in [0, 0.1) is 0 Å². The van der Waals surface area contributed by atoms with Crippen LogP contribution in [0.3, 0.4) is 0 Å². The number of nitrogens with zero attached hydrogens (tertiary/aromatic N) is 1. The van der Waals surface area contributed by atoms with Gasteiger partial charge in [0.25, 0.3) is 0 Å². The fourth-order valence-electron chi connectivity index (χ4n) is 9.69. The molecule has 0 saturated heterocycles. The highest BCUT2D eigenvalue weighted by Crippen LogP contribution is 2.18. The van der Waals surface area contributed by atoms with Crippen LogP contribution in [0.1, 0.15) is 322 Å². The van der Waals surface area contributed by atoms with Crippen molar-refractivity contribution in [3.63, 3.8) is 0 Å². The highest BCUT2D eigenvalue weighted by molar-refractivity contribution is 5.70. The van der Waals surface area contributed by atoms with E-state index >= 15 is 0 Å². The van der Waals surface area contributed by atoms with Crippen LogP contribution in [-0.2, 0) is 33.3 Å². The smallest absolute Gasteiger partial charge is 0.306 e. The molecule has 0 aliphatic carbocycles. The predicted octanol–water partition coefficient (Wildman–Crippen LogP) is 18.1. The lowest BCUT2D eigenvalue weighted by Gasteiger charge is -2.26. The number of aliphatic carboxylic acids is 1. The van der Waals surface area contributed by atoms with Gasteiger partial charge in [0.2, 0.25) is 0 Å². The summed E-state index contributed by atoms with van der Waals surface area (Å²) >= 11 is 0. The molecule has 0 aliphatic heterocycles. The van der Waals surface area contributed by atoms with E-state index in [0.29, 0.717) is 23.9 Å². The number of esters is 2. The first kappa shape index (κ1) is 72.8. The molecule has 0 bridgehead atoms. The molecule has 0 aromatic heterocycles. The van der Waals surface area contributed by atoms with Gasteiger partial charge in [0.1, 0.15) is 13.2 Å². The van der Waals surface area contributed by atoms with Gasteiger partial charge in [0, 0.05) is 12.8 Å². The Morgan fingerprint density at radius 1 is 0.400 bits per heavy atom. The lowest BCUT2D eigenvalue weighted by molar-refractivity contribution is -0.870. The van der Waals surface area contributed by atoms with Crippen molar-refractivity contribution in [3.05, 3.63) is 24.3 Å². The molecule has 0 radical (unpaired) electrons. The molecule has 0 aliphatic rings. The summed E-state index contributed by atoms with van der Waals surface area (Å²) in [6.45, 7) is 4.76. The topological polar surface area (TPSA) is 111 Å². The molecular weight excluding hydrogens is 935 g/mol. The summed E-state index contributed by atoms with van der Waals surface area (Å²) in [5.41, 5.74) is 0. The van der Waals surface area contributed by atoms with Crippen molar-refractivity contribution in [3.8, 4) is 0 Å². The standard InChI is InChI=1S/C66H125NO8/c1-6-8-10-12-14-16-18-20-22-24-25-26-27-28-29-30-31-32-33-34-35-36-37-38-39-40-41-43-44-46-48-50-52-54-56-63(68)73-60-62(61-74-66(65(70)71)72-59-58-67(3,4)5)75-64(69)57-55-53-51-49-47-45-42-23-21-19-17-15-13-11-9-7-2/h17,19,23,42,62,66H,6-16,18,20-22,24-41,43-61H2,1-5H3/b19-17-,42-23-. The molecule has 9 heteroatoms. The molecule has 0 aromatic carbocycles. The van der Waals surface area contributed by atoms with E-state index < -0.39 is 24.3 Å². The average molecular weight is 1060 g/mol. The summed E-state index contributed by atoms with van der Waals surface area (Å²) < 4.78 is 22.7. The lowest BCUT2D eigenvalue weighted by atomic mass is 10.0. The molecule has 0 fully saturated rings. The maximum Gasteiger partial charge on any atom is 0.306 e. The van der Waals surface area contributed by atoms with Crippen LogP contribution in [0.25, 0.3) is 0 Å². The normalized spacial score (nSPS) is 12.8. The Kier molecular flexibility index (Phi) is 56.2. The van der Waals surface area contributed by atoms with E-state index in [1.165, 1.54) is 231 Å². The predicted molar refractivity (Wildman–Crippen MR) is 316 cm³/mol. The molecule has 0 aromatic rings. The Labute approximate surface area is 465 Å². The number of allylic oxidation sites excluding steroid dienone is 4. The Hall–Kier alpha value is -2.23. The van der Waals surface area contributed by atoms with Crippen LogP contribution in [0.15, 0.2) is 24.3 Å². The summed E-state index contributed by atoms with van der Waals surface area (Å²) in [5.74, 6) is -2.28. The molecule has 0 rings (SSSR count). The van der Waals surface area contributed by atoms with Gasteiger partial charge in [-0.25, -0.2) is 0 Å². The van der Waals surface area contributed by atoms with E-state index in [1.54, 1.807) is 0 Å². The zero-order valence-corrected chi connectivity index (χ0v) is 50.4. The molecule has 0 amide bonds. The number of hydrogen-bond donors (Lipinski definition) is 0. The third-order valence-corrected chi connectivity index (χ3v) is 14.7. The maximum absolute atomic E-state index is 12.8. The first-order valence-corrected chi connectivity index (χ1v) is 32.5. The summed E-state index contributed by atoms with van der Waals surface area (Å²) in [4.78, 5) is 37.3. The van der Waals surface area contributed by atoms with E-state index in [1.807, 2.05) is 21.1 Å². The summed E-state index contributed by atoms with van der Waals surface area (Å²) in [5, 5.41) is 11.8. The minimum atomic E-state index is -1.62. The number of carbonyl (C=O) groups excluding carboxylic acids is 3. The van der Waals surface area contributed by atoms with Gasteiger partial charge in [-0.3, -0.25) is 9.59 Å². The molecule has 75 heavy (non-hydrogen) atoms. The van der Waals surface area contributed by atoms with Gasteiger partial charge >= 0.3 is 11.9 Å². The monoisotopic (exact) mass is 1060 g/mol. The number of hydrogen-bond acceptors (Lipinski definition) is 8. The Morgan fingerprint density at radius 2 is 0.720 bits per heavy atom. The van der Waals surface area contributed by atoms with Crippen LogP contribution in [0.5, 0.6) is 0 Å². The van der Waals surface area contributed by atoms with Crippen LogP contribution < -0.4 is 5.11 Å². The largest absolute Gasteiger partial charge is 0.545 e. The van der Waals surface area contributed by atoms with Gasteiger partial charge in [-0.1, -0.05) is 289 Å². The van der Waals surface area contributed by atoms with E-state index in [2.05, 4.69) is 38.2 Å². The first-order chi connectivity index (χ1) is 36.6. The fraction of sp³-hybridized carbons (Fsp3) is 0.894. The molecular formula is C66H125NO8. The SMILES string of the molecule is CCCCCC/C=C\C/C=C\CCCCCCCC(=O)OC(COC(=O)CCCCCCCCCCCCCCCCCCCCCCCCCCCCCCCCCCCC)COC(OCC[N+](C)(C)C)C(=O)[O-]. The highest BCUT2D eigenvalue weighted by Gasteiger charge is 2.22. The van der Waals surface area contributed by atoms with Crippen molar-refractivity contribution in [2.75, 3.05) is 47.5 Å². The van der Waals surface area contributed by atoms with Crippen molar-refractivity contribution in [1.29, 1.82) is 0 Å². The minimum absolute atomic E-state index is 0.147. The molecule has 0 spiro atoms. The van der Waals surface area contributed by atoms with E-state index in [0.717, 1.165) is 57.8 Å². The lowest BCUT2D eigenvalue weighted by Crippen LogP contribution is -2.44. The number of quaternary nitrogens is 1. The number of rotatable bonds is 61. The second-order valence-electron chi connectivity index (χ2n) is 23.4.